The molecule has 0 saturated carbocycles. The second kappa shape index (κ2) is 5.14. The van der Waals surface area contributed by atoms with Gasteiger partial charge in [0.15, 0.2) is 0 Å². The summed E-state index contributed by atoms with van der Waals surface area (Å²) in [5, 5.41) is -0.531. The molecule has 2 nitrogen and oxygen atoms in total. The molecule has 0 radical (unpaired) electrons. The quantitative estimate of drug-likeness (QED) is 0.750. The van der Waals surface area contributed by atoms with Gasteiger partial charge in [-0.3, -0.25) is 4.79 Å². The molecule has 1 aromatic rings. The molecule has 0 amide bonds. The lowest BCUT2D eigenvalue weighted by Crippen LogP contribution is -2.16. The highest BCUT2D eigenvalue weighted by Crippen LogP contribution is 2.11. The van der Waals surface area contributed by atoms with Crippen molar-refractivity contribution in [3.05, 3.63) is 35.9 Å². The van der Waals surface area contributed by atoms with Gasteiger partial charge in [-0.1, -0.05) is 30.3 Å². The summed E-state index contributed by atoms with van der Waals surface area (Å²) in [6.45, 7) is 0. The Hall–Kier alpha value is -0.570. The molecule has 1 unspecified atom stereocenters. The minimum atomic E-state index is -0.696. The molecule has 4 heteroatoms. The minimum absolute atomic E-state index is 0. The molecule has 0 heterocycles. The fourth-order valence-corrected chi connectivity index (χ4v) is 0.917. The number of nitrogens with two attached hydrogens (primary N) is 1. The highest BCUT2D eigenvalue weighted by atomic mass is 35.5. The number of rotatable bonds is 2. The third kappa shape index (κ3) is 2.81. The Morgan fingerprint density at radius 1 is 1.33 bits per heavy atom. The van der Waals surface area contributed by atoms with E-state index in [4.69, 9.17) is 17.3 Å². The molecule has 0 aliphatic heterocycles. The lowest BCUT2D eigenvalue weighted by Gasteiger charge is -2.04. The second-order valence-electron chi connectivity index (χ2n) is 2.19. The zero-order chi connectivity index (χ0) is 8.27. The van der Waals surface area contributed by atoms with Crippen LogP contribution in [0.5, 0.6) is 0 Å². The molecule has 0 saturated heterocycles. The van der Waals surface area contributed by atoms with Gasteiger partial charge in [0.05, 0.1) is 0 Å². The number of carbonyl (C=O) groups excluding carboxylic acids is 1. The first-order chi connectivity index (χ1) is 5.22. The van der Waals surface area contributed by atoms with Gasteiger partial charge in [-0.15, -0.1) is 12.4 Å². The van der Waals surface area contributed by atoms with Crippen LogP contribution in [0, 0.1) is 0 Å². The predicted molar refractivity (Wildman–Crippen MR) is 51.5 cm³/mol. The zero-order valence-electron chi connectivity index (χ0n) is 6.24. The molecule has 0 spiro atoms. The number of carbonyl (C=O) groups is 1. The van der Waals surface area contributed by atoms with Crippen molar-refractivity contribution >= 4 is 29.3 Å². The van der Waals surface area contributed by atoms with Crippen molar-refractivity contribution in [3.8, 4) is 0 Å². The summed E-state index contributed by atoms with van der Waals surface area (Å²) in [6, 6.07) is 8.33. The Kier molecular flexibility index (Phi) is 4.90. The van der Waals surface area contributed by atoms with E-state index in [1.54, 1.807) is 12.1 Å². The molecule has 0 bridgehead atoms. The van der Waals surface area contributed by atoms with Crippen LogP contribution in [0.3, 0.4) is 0 Å². The van der Waals surface area contributed by atoms with E-state index >= 15 is 0 Å². The van der Waals surface area contributed by atoms with Crippen LogP contribution in [0.15, 0.2) is 30.3 Å². The first-order valence-corrected chi connectivity index (χ1v) is 3.59. The van der Waals surface area contributed by atoms with Gasteiger partial charge in [0, 0.05) is 0 Å². The molecule has 1 rings (SSSR count). The summed E-state index contributed by atoms with van der Waals surface area (Å²) < 4.78 is 0. The minimum Gasteiger partial charge on any atom is -0.317 e. The summed E-state index contributed by atoms with van der Waals surface area (Å²) in [7, 11) is 0. The topological polar surface area (TPSA) is 43.1 Å². The van der Waals surface area contributed by atoms with Crippen molar-refractivity contribution in [3.63, 3.8) is 0 Å². The van der Waals surface area contributed by atoms with Crippen molar-refractivity contribution in [1.82, 2.24) is 0 Å². The van der Waals surface area contributed by atoms with E-state index in [2.05, 4.69) is 0 Å². The lowest BCUT2D eigenvalue weighted by atomic mass is 10.1. The molecule has 0 aromatic heterocycles. The second-order valence-corrected chi connectivity index (χ2v) is 2.56. The summed E-state index contributed by atoms with van der Waals surface area (Å²) in [5.41, 5.74) is 6.20. The van der Waals surface area contributed by atoms with E-state index in [0.717, 1.165) is 5.56 Å². The summed E-state index contributed by atoms with van der Waals surface area (Å²) in [6.07, 6.45) is 0. The van der Waals surface area contributed by atoms with Gasteiger partial charge in [-0.05, 0) is 17.2 Å². The Morgan fingerprint density at radius 3 is 2.25 bits per heavy atom. The monoisotopic (exact) mass is 205 g/mol. The Labute approximate surface area is 82.1 Å². The van der Waals surface area contributed by atoms with Gasteiger partial charge in [0.2, 0.25) is 5.24 Å². The van der Waals surface area contributed by atoms with Crippen LogP contribution in [0.4, 0.5) is 0 Å². The average Bonchev–Trinajstić information content (AvgIpc) is 2.05. The van der Waals surface area contributed by atoms with Gasteiger partial charge in [-0.2, -0.15) is 0 Å². The van der Waals surface area contributed by atoms with E-state index in [1.165, 1.54) is 0 Å². The van der Waals surface area contributed by atoms with Crippen LogP contribution in [0.25, 0.3) is 0 Å². The van der Waals surface area contributed by atoms with Crippen molar-refractivity contribution in [2.75, 3.05) is 0 Å². The maximum Gasteiger partial charge on any atom is 0.242 e. The third-order valence-electron chi connectivity index (χ3n) is 1.40. The van der Waals surface area contributed by atoms with Gasteiger partial charge in [-0.25, -0.2) is 0 Å². The van der Waals surface area contributed by atoms with Crippen molar-refractivity contribution < 1.29 is 4.79 Å². The molecular formula is C8H9Cl2NO. The predicted octanol–water partition coefficient (Wildman–Crippen LogP) is 1.87. The van der Waals surface area contributed by atoms with Gasteiger partial charge in [0.1, 0.15) is 6.04 Å². The van der Waals surface area contributed by atoms with Crippen LogP contribution in [-0.2, 0) is 4.79 Å². The fourth-order valence-electron chi connectivity index (χ4n) is 0.791. The van der Waals surface area contributed by atoms with Crippen molar-refractivity contribution in [2.24, 2.45) is 5.73 Å². The molecule has 66 valence electrons. The van der Waals surface area contributed by atoms with Crippen molar-refractivity contribution in [2.45, 2.75) is 6.04 Å². The van der Waals surface area contributed by atoms with Crippen LogP contribution < -0.4 is 5.73 Å². The maximum atomic E-state index is 10.6. The van der Waals surface area contributed by atoms with E-state index in [9.17, 15) is 4.79 Å². The SMILES string of the molecule is Cl.NC(C(=O)Cl)c1ccccc1. The van der Waals surface area contributed by atoms with Gasteiger partial charge >= 0.3 is 0 Å². The summed E-state index contributed by atoms with van der Waals surface area (Å²) >= 11 is 5.20. The lowest BCUT2D eigenvalue weighted by molar-refractivity contribution is -0.112. The van der Waals surface area contributed by atoms with Crippen LogP contribution in [0.2, 0.25) is 0 Å². The number of hydrogen-bond acceptors (Lipinski definition) is 2. The van der Waals surface area contributed by atoms with Gasteiger partial charge < -0.3 is 5.73 Å². The first-order valence-electron chi connectivity index (χ1n) is 3.21. The highest BCUT2D eigenvalue weighted by Gasteiger charge is 2.11. The van der Waals surface area contributed by atoms with E-state index in [1.807, 2.05) is 18.2 Å². The van der Waals surface area contributed by atoms with Crippen LogP contribution >= 0.6 is 24.0 Å². The molecule has 2 N–H and O–H groups in total. The molecule has 12 heavy (non-hydrogen) atoms. The zero-order valence-corrected chi connectivity index (χ0v) is 7.81. The Balaban J connectivity index is 0.00000121. The average molecular weight is 206 g/mol. The maximum absolute atomic E-state index is 10.6. The van der Waals surface area contributed by atoms with E-state index in [0.29, 0.717) is 0 Å². The number of hydrogen-bond donors (Lipinski definition) is 1. The third-order valence-corrected chi connectivity index (χ3v) is 1.64. The number of halogens is 2. The van der Waals surface area contributed by atoms with Crippen LogP contribution in [0.1, 0.15) is 11.6 Å². The molecule has 0 aliphatic rings. The number of benzene rings is 1. The molecule has 0 fully saturated rings. The molecule has 1 aromatic carbocycles. The van der Waals surface area contributed by atoms with Crippen LogP contribution in [-0.4, -0.2) is 5.24 Å². The van der Waals surface area contributed by atoms with E-state index in [-0.39, 0.29) is 12.4 Å². The largest absolute Gasteiger partial charge is 0.317 e. The van der Waals surface area contributed by atoms with E-state index < -0.39 is 11.3 Å². The summed E-state index contributed by atoms with van der Waals surface area (Å²) in [4.78, 5) is 10.6. The van der Waals surface area contributed by atoms with Crippen molar-refractivity contribution in [1.29, 1.82) is 0 Å². The molecule has 0 aliphatic carbocycles. The Bertz CT molecular complexity index is 250. The fraction of sp³-hybridized carbons (Fsp3) is 0.125. The standard InChI is InChI=1S/C8H8ClNO.ClH/c9-8(11)7(10)6-4-2-1-3-5-6;/h1-5,7H,10H2;1H. The normalized spacial score (nSPS) is 11.5. The molecular weight excluding hydrogens is 197 g/mol. The smallest absolute Gasteiger partial charge is 0.242 e. The van der Waals surface area contributed by atoms with Gasteiger partial charge in [0.25, 0.3) is 0 Å². The highest BCUT2D eigenvalue weighted by molar-refractivity contribution is 6.64. The Morgan fingerprint density at radius 2 is 1.83 bits per heavy atom. The first kappa shape index (κ1) is 11.4. The summed E-state index contributed by atoms with van der Waals surface area (Å²) in [5.74, 6) is 0. The molecule has 1 atom stereocenters.